The average Bonchev–Trinajstić information content (AvgIpc) is 2.65. The number of amides is 1. The normalized spacial score (nSPS) is 10.7. The monoisotopic (exact) mass is 289 g/mol. The van der Waals surface area contributed by atoms with Gasteiger partial charge in [0.05, 0.1) is 11.4 Å². The molecule has 0 spiro atoms. The van der Waals surface area contributed by atoms with E-state index < -0.39 is 0 Å². The molecule has 1 amide bonds. The minimum absolute atomic E-state index is 0.176. The molecule has 0 fully saturated rings. The van der Waals surface area contributed by atoms with Gasteiger partial charge in [-0.2, -0.15) is 5.10 Å². The summed E-state index contributed by atoms with van der Waals surface area (Å²) in [5.74, 6) is 1.39. The maximum absolute atomic E-state index is 11.8. The number of nitrogens with zero attached hydrogens (tertiary/aromatic N) is 3. The van der Waals surface area contributed by atoms with E-state index in [1.54, 1.807) is 28.4 Å². The Morgan fingerprint density at radius 3 is 2.89 bits per heavy atom. The lowest BCUT2D eigenvalue weighted by molar-refractivity contribution is -0.127. The predicted octanol–water partition coefficient (Wildman–Crippen LogP) is 2.57. The van der Waals surface area contributed by atoms with Crippen molar-refractivity contribution >= 4 is 29.3 Å². The largest absolute Gasteiger partial charge is 0.345 e. The molecule has 6 heteroatoms. The van der Waals surface area contributed by atoms with E-state index in [4.69, 9.17) is 11.6 Å². The first kappa shape index (κ1) is 15.4. The van der Waals surface area contributed by atoms with E-state index in [1.165, 1.54) is 0 Å². The third kappa shape index (κ3) is 4.90. The molecular weight excluding hydrogens is 270 g/mol. The summed E-state index contributed by atoms with van der Waals surface area (Å²) in [5.41, 5.74) is 0.913. The molecule has 0 aromatic carbocycles. The number of aromatic nitrogens is 2. The maximum Gasteiger partial charge on any atom is 0.232 e. The quantitative estimate of drug-likeness (QED) is 0.774. The molecule has 1 rings (SSSR count). The highest BCUT2D eigenvalue weighted by Gasteiger charge is 2.09. The minimum atomic E-state index is 0.176. The number of rotatable bonds is 7. The van der Waals surface area contributed by atoms with Crippen LogP contribution in [-0.2, 0) is 17.6 Å². The Hall–Kier alpha value is -0.680. The number of hydrogen-bond acceptors (Lipinski definition) is 3. The van der Waals surface area contributed by atoms with E-state index in [-0.39, 0.29) is 5.91 Å². The molecule has 18 heavy (non-hydrogen) atoms. The standard InChI is InChI=1S/C12H20ClN3OS/c1-4-5-6-15(2)12(17)9-18-8-10-7-11(13)16(3)14-10/h7H,4-6,8-9H2,1-3H3. The summed E-state index contributed by atoms with van der Waals surface area (Å²) in [6.07, 6.45) is 2.17. The zero-order chi connectivity index (χ0) is 13.5. The smallest absolute Gasteiger partial charge is 0.232 e. The van der Waals surface area contributed by atoms with Crippen LogP contribution in [0.25, 0.3) is 0 Å². The fourth-order valence-electron chi connectivity index (χ4n) is 1.44. The highest BCUT2D eigenvalue weighted by atomic mass is 35.5. The van der Waals surface area contributed by atoms with Gasteiger partial charge in [0.1, 0.15) is 5.15 Å². The number of unbranched alkanes of at least 4 members (excludes halogenated alkanes) is 1. The van der Waals surface area contributed by atoms with Crippen molar-refractivity contribution in [1.29, 1.82) is 0 Å². The second kappa shape index (κ2) is 7.69. The second-order valence-electron chi connectivity index (χ2n) is 4.24. The van der Waals surface area contributed by atoms with Crippen molar-refractivity contribution in [2.24, 2.45) is 7.05 Å². The third-order valence-corrected chi connectivity index (χ3v) is 3.93. The maximum atomic E-state index is 11.8. The lowest BCUT2D eigenvalue weighted by Gasteiger charge is -2.16. The number of carbonyl (C=O) groups excluding carboxylic acids is 1. The Morgan fingerprint density at radius 1 is 1.61 bits per heavy atom. The molecule has 0 unspecified atom stereocenters. The fourth-order valence-corrected chi connectivity index (χ4v) is 2.45. The second-order valence-corrected chi connectivity index (χ2v) is 5.62. The van der Waals surface area contributed by atoms with Gasteiger partial charge in [0.15, 0.2) is 0 Å². The van der Waals surface area contributed by atoms with Crippen LogP contribution in [0.4, 0.5) is 0 Å². The SMILES string of the molecule is CCCCN(C)C(=O)CSCc1cc(Cl)n(C)n1. The van der Waals surface area contributed by atoms with Gasteiger partial charge in [-0.25, -0.2) is 0 Å². The molecule has 1 heterocycles. The molecule has 0 saturated carbocycles. The van der Waals surface area contributed by atoms with Crippen molar-refractivity contribution in [3.8, 4) is 0 Å². The number of hydrogen-bond donors (Lipinski definition) is 0. The number of carbonyl (C=O) groups is 1. The van der Waals surface area contributed by atoms with Crippen molar-refractivity contribution in [3.05, 3.63) is 16.9 Å². The summed E-state index contributed by atoms with van der Waals surface area (Å²) < 4.78 is 1.63. The van der Waals surface area contributed by atoms with Crippen LogP contribution in [0.15, 0.2) is 6.07 Å². The van der Waals surface area contributed by atoms with Crippen molar-refractivity contribution in [1.82, 2.24) is 14.7 Å². The third-order valence-electron chi connectivity index (χ3n) is 2.62. The van der Waals surface area contributed by atoms with Gasteiger partial charge >= 0.3 is 0 Å². The highest BCUT2D eigenvalue weighted by molar-refractivity contribution is 7.99. The van der Waals surface area contributed by atoms with E-state index in [0.29, 0.717) is 16.7 Å². The summed E-state index contributed by atoms with van der Waals surface area (Å²) >= 11 is 7.47. The van der Waals surface area contributed by atoms with Crippen molar-refractivity contribution in [2.75, 3.05) is 19.3 Å². The zero-order valence-corrected chi connectivity index (χ0v) is 12.7. The zero-order valence-electron chi connectivity index (χ0n) is 11.1. The van der Waals surface area contributed by atoms with Gasteiger partial charge in [-0.3, -0.25) is 9.48 Å². The Balaban J connectivity index is 2.26. The Morgan fingerprint density at radius 2 is 2.33 bits per heavy atom. The van der Waals surface area contributed by atoms with Crippen LogP contribution in [0.3, 0.4) is 0 Å². The minimum Gasteiger partial charge on any atom is -0.345 e. The van der Waals surface area contributed by atoms with E-state index in [9.17, 15) is 4.79 Å². The lowest BCUT2D eigenvalue weighted by Crippen LogP contribution is -2.29. The Labute approximate surface area is 118 Å². The molecule has 0 N–H and O–H groups in total. The van der Waals surface area contributed by atoms with E-state index >= 15 is 0 Å². The molecule has 1 aromatic heterocycles. The summed E-state index contributed by atoms with van der Waals surface area (Å²) in [6, 6.07) is 1.83. The molecule has 0 saturated heterocycles. The van der Waals surface area contributed by atoms with Crippen molar-refractivity contribution in [3.63, 3.8) is 0 Å². The van der Waals surface area contributed by atoms with Gasteiger partial charge in [-0.15, -0.1) is 11.8 Å². The number of halogens is 1. The lowest BCUT2D eigenvalue weighted by atomic mass is 10.3. The van der Waals surface area contributed by atoms with Gasteiger partial charge in [-0.05, 0) is 12.5 Å². The van der Waals surface area contributed by atoms with E-state index in [1.807, 2.05) is 13.1 Å². The van der Waals surface area contributed by atoms with Crippen molar-refractivity contribution in [2.45, 2.75) is 25.5 Å². The van der Waals surface area contributed by atoms with Crippen LogP contribution in [0.5, 0.6) is 0 Å². The van der Waals surface area contributed by atoms with Crippen LogP contribution >= 0.6 is 23.4 Å². The molecule has 102 valence electrons. The van der Waals surface area contributed by atoms with E-state index in [2.05, 4.69) is 12.0 Å². The van der Waals surface area contributed by atoms with Crippen LogP contribution in [0.2, 0.25) is 5.15 Å². The predicted molar refractivity (Wildman–Crippen MR) is 76.9 cm³/mol. The summed E-state index contributed by atoms with van der Waals surface area (Å²) in [5, 5.41) is 4.86. The molecule has 0 bridgehead atoms. The van der Waals surface area contributed by atoms with Gasteiger partial charge in [-0.1, -0.05) is 24.9 Å². The fraction of sp³-hybridized carbons (Fsp3) is 0.667. The Kier molecular flexibility index (Phi) is 6.57. The molecule has 0 aliphatic carbocycles. The summed E-state index contributed by atoms with van der Waals surface area (Å²) in [4.78, 5) is 13.6. The molecule has 4 nitrogen and oxygen atoms in total. The number of aryl methyl sites for hydroxylation is 1. The summed E-state index contributed by atoms with van der Waals surface area (Å²) in [7, 11) is 3.66. The van der Waals surface area contributed by atoms with Gasteiger partial charge in [0.25, 0.3) is 0 Å². The van der Waals surface area contributed by atoms with Crippen LogP contribution < -0.4 is 0 Å². The molecule has 0 aliphatic rings. The van der Waals surface area contributed by atoms with Crippen LogP contribution in [-0.4, -0.2) is 39.9 Å². The highest BCUT2D eigenvalue weighted by Crippen LogP contribution is 2.15. The van der Waals surface area contributed by atoms with Gasteiger partial charge in [0.2, 0.25) is 5.91 Å². The first-order chi connectivity index (χ1) is 8.54. The topological polar surface area (TPSA) is 38.1 Å². The Bertz CT molecular complexity index is 375. The van der Waals surface area contributed by atoms with Crippen LogP contribution in [0, 0.1) is 0 Å². The molecule has 1 aromatic rings. The molecular formula is C12H20ClN3OS. The van der Waals surface area contributed by atoms with Crippen molar-refractivity contribution < 1.29 is 4.79 Å². The molecule has 0 atom stereocenters. The number of thioether (sulfide) groups is 1. The van der Waals surface area contributed by atoms with Gasteiger partial charge < -0.3 is 4.90 Å². The van der Waals surface area contributed by atoms with Gasteiger partial charge in [0, 0.05) is 26.4 Å². The van der Waals surface area contributed by atoms with Crippen LogP contribution in [0.1, 0.15) is 25.5 Å². The van der Waals surface area contributed by atoms with E-state index in [0.717, 1.165) is 25.1 Å². The molecule has 0 aliphatic heterocycles. The average molecular weight is 290 g/mol. The molecule has 0 radical (unpaired) electrons. The first-order valence-electron chi connectivity index (χ1n) is 6.04. The first-order valence-corrected chi connectivity index (χ1v) is 7.58. The summed E-state index contributed by atoms with van der Waals surface area (Å²) in [6.45, 7) is 2.96.